The van der Waals surface area contributed by atoms with Gasteiger partial charge in [0.15, 0.2) is 5.78 Å². The second kappa shape index (κ2) is 4.53. The van der Waals surface area contributed by atoms with Gasteiger partial charge in [0.1, 0.15) is 9.55 Å². The molecule has 0 radical (unpaired) electrons. The molecule has 0 N–H and O–H groups in total. The van der Waals surface area contributed by atoms with Gasteiger partial charge in [0.2, 0.25) is 0 Å². The van der Waals surface area contributed by atoms with Gasteiger partial charge in [0, 0.05) is 5.56 Å². The van der Waals surface area contributed by atoms with Crippen LogP contribution in [0, 0.1) is 5.82 Å². The van der Waals surface area contributed by atoms with Gasteiger partial charge in [-0.15, -0.1) is 0 Å². The topological polar surface area (TPSA) is 17.1 Å². The molecule has 0 unspecified atom stereocenters. The highest BCUT2D eigenvalue weighted by atomic mass is 79.9. The Morgan fingerprint density at radius 2 is 2.08 bits per heavy atom. The average Bonchev–Trinajstić information content (AvgIpc) is 2.03. The number of rotatable bonds is 2. The van der Waals surface area contributed by atoms with Crippen molar-refractivity contribution in [2.45, 2.75) is 3.74 Å². The Morgan fingerprint density at radius 3 is 2.54 bits per heavy atom. The number of carbonyl (C=O) groups excluding carboxylic acids is 1. The molecule has 0 saturated carbocycles. The number of hydrogen-bond acceptors (Lipinski definition) is 1. The minimum Gasteiger partial charge on any atom is -0.292 e. The van der Waals surface area contributed by atoms with Crippen molar-refractivity contribution >= 4 is 49.2 Å². The molecule has 0 fully saturated rings. The van der Waals surface area contributed by atoms with Crippen molar-refractivity contribution in [3.63, 3.8) is 0 Å². The van der Waals surface area contributed by atoms with Gasteiger partial charge in [-0.1, -0.05) is 43.5 Å². The molecule has 0 aliphatic carbocycles. The van der Waals surface area contributed by atoms with Gasteiger partial charge in [0.25, 0.3) is 0 Å². The van der Waals surface area contributed by atoms with Crippen molar-refractivity contribution in [1.82, 2.24) is 0 Å². The van der Waals surface area contributed by atoms with Gasteiger partial charge < -0.3 is 0 Å². The fourth-order valence-electron chi connectivity index (χ4n) is 0.807. The van der Waals surface area contributed by atoms with E-state index in [0.29, 0.717) is 5.56 Å². The lowest BCUT2D eigenvalue weighted by molar-refractivity contribution is 0.101. The second-order valence-electron chi connectivity index (χ2n) is 2.29. The van der Waals surface area contributed by atoms with E-state index in [-0.39, 0.29) is 10.8 Å². The summed E-state index contributed by atoms with van der Waals surface area (Å²) in [6.07, 6.45) is 0. The van der Waals surface area contributed by atoms with Crippen molar-refractivity contribution in [2.75, 3.05) is 0 Å². The van der Waals surface area contributed by atoms with E-state index >= 15 is 0 Å². The highest BCUT2D eigenvalue weighted by molar-refractivity contribution is 9.25. The summed E-state index contributed by atoms with van der Waals surface area (Å²) in [4.78, 5) is 11.4. The molecule has 0 heterocycles. The van der Waals surface area contributed by atoms with Crippen LogP contribution in [0.2, 0.25) is 5.02 Å². The second-order valence-corrected chi connectivity index (χ2v) is 5.76. The first-order valence-corrected chi connectivity index (χ1v) is 5.50. The Labute approximate surface area is 96.5 Å². The lowest BCUT2D eigenvalue weighted by Crippen LogP contribution is -2.07. The van der Waals surface area contributed by atoms with Crippen LogP contribution < -0.4 is 0 Å². The molecule has 1 aromatic carbocycles. The highest BCUT2D eigenvalue weighted by Gasteiger charge is 2.16. The number of Topliss-reactive ketones (excluding diaryl/α,β-unsaturated/α-hetero) is 1. The molecular formula is C8H4Br2ClFO. The lowest BCUT2D eigenvalue weighted by Gasteiger charge is -2.03. The normalized spacial score (nSPS) is 10.5. The first-order valence-electron chi connectivity index (χ1n) is 3.30. The molecule has 0 spiro atoms. The Bertz CT molecular complexity index is 341. The van der Waals surface area contributed by atoms with Crippen molar-refractivity contribution in [3.05, 3.63) is 34.6 Å². The molecule has 70 valence electrons. The smallest absolute Gasteiger partial charge is 0.188 e. The van der Waals surface area contributed by atoms with E-state index in [2.05, 4.69) is 31.9 Å². The number of benzene rings is 1. The number of carbonyl (C=O) groups is 1. The van der Waals surface area contributed by atoms with Crippen LogP contribution in [0.5, 0.6) is 0 Å². The number of ketones is 1. The van der Waals surface area contributed by atoms with Crippen LogP contribution in [0.3, 0.4) is 0 Å². The summed E-state index contributed by atoms with van der Waals surface area (Å²) in [6.45, 7) is 0. The monoisotopic (exact) mass is 328 g/mol. The van der Waals surface area contributed by atoms with Gasteiger partial charge in [-0.05, 0) is 18.2 Å². The summed E-state index contributed by atoms with van der Waals surface area (Å²) in [7, 11) is 0. The fourth-order valence-corrected chi connectivity index (χ4v) is 1.56. The van der Waals surface area contributed by atoms with Crippen molar-refractivity contribution in [1.29, 1.82) is 0 Å². The molecule has 0 aromatic heterocycles. The number of halogens is 4. The third-order valence-corrected chi connectivity index (χ3v) is 2.54. The zero-order valence-electron chi connectivity index (χ0n) is 6.23. The zero-order chi connectivity index (χ0) is 10.0. The first-order chi connectivity index (χ1) is 6.02. The zero-order valence-corrected chi connectivity index (χ0v) is 10.2. The van der Waals surface area contributed by atoms with Gasteiger partial charge in [-0.3, -0.25) is 4.79 Å². The van der Waals surface area contributed by atoms with Crippen LogP contribution in [0.4, 0.5) is 4.39 Å². The van der Waals surface area contributed by atoms with E-state index in [1.165, 1.54) is 12.1 Å². The lowest BCUT2D eigenvalue weighted by atomic mass is 10.1. The quantitative estimate of drug-likeness (QED) is 0.596. The third kappa shape index (κ3) is 2.76. The van der Waals surface area contributed by atoms with Gasteiger partial charge in [-0.25, -0.2) is 4.39 Å². The summed E-state index contributed by atoms with van der Waals surface area (Å²) in [5, 5.41) is 0.119. The molecule has 5 heteroatoms. The first kappa shape index (κ1) is 11.1. The molecule has 0 amide bonds. The summed E-state index contributed by atoms with van der Waals surface area (Å²) < 4.78 is 12.1. The molecular weight excluding hydrogens is 326 g/mol. The van der Waals surface area contributed by atoms with E-state index in [0.717, 1.165) is 6.07 Å². The predicted octanol–water partition coefficient (Wildman–Crippen LogP) is 3.78. The van der Waals surface area contributed by atoms with Crippen LogP contribution in [0.15, 0.2) is 18.2 Å². The highest BCUT2D eigenvalue weighted by Crippen LogP contribution is 2.23. The largest absolute Gasteiger partial charge is 0.292 e. The molecule has 0 aliphatic rings. The Morgan fingerprint density at radius 1 is 1.46 bits per heavy atom. The molecule has 0 aliphatic heterocycles. The molecule has 0 bridgehead atoms. The van der Waals surface area contributed by atoms with Crippen LogP contribution >= 0.6 is 43.5 Å². The van der Waals surface area contributed by atoms with Crippen molar-refractivity contribution < 1.29 is 9.18 Å². The maximum absolute atomic E-state index is 12.6. The standard InChI is InChI=1S/C8H4Br2ClFO/c9-8(10)7(13)5-2-1-4(12)3-6(5)11/h1-3,8H. The Kier molecular flexibility index (Phi) is 3.88. The van der Waals surface area contributed by atoms with Crippen LogP contribution in [0.1, 0.15) is 10.4 Å². The molecule has 1 aromatic rings. The maximum atomic E-state index is 12.6. The van der Waals surface area contributed by atoms with E-state index in [9.17, 15) is 9.18 Å². The molecule has 13 heavy (non-hydrogen) atoms. The van der Waals surface area contributed by atoms with E-state index in [1.54, 1.807) is 0 Å². The van der Waals surface area contributed by atoms with E-state index in [4.69, 9.17) is 11.6 Å². The minimum absolute atomic E-state index is 0.119. The summed E-state index contributed by atoms with van der Waals surface area (Å²) >= 11 is 11.8. The van der Waals surface area contributed by atoms with E-state index < -0.39 is 9.55 Å². The van der Waals surface area contributed by atoms with E-state index in [1.807, 2.05) is 0 Å². The molecule has 0 atom stereocenters. The summed E-state index contributed by atoms with van der Waals surface area (Å²) in [6, 6.07) is 3.66. The summed E-state index contributed by atoms with van der Waals surface area (Å²) in [5.41, 5.74) is 0.293. The predicted molar refractivity (Wildman–Crippen MR) is 57.4 cm³/mol. The SMILES string of the molecule is O=C(c1ccc(F)cc1Cl)C(Br)Br. The third-order valence-electron chi connectivity index (χ3n) is 1.39. The Hall–Kier alpha value is 0.0700. The maximum Gasteiger partial charge on any atom is 0.188 e. The van der Waals surface area contributed by atoms with Gasteiger partial charge in [0.05, 0.1) is 5.02 Å². The average molecular weight is 330 g/mol. The van der Waals surface area contributed by atoms with Gasteiger partial charge in [-0.2, -0.15) is 0 Å². The van der Waals surface area contributed by atoms with Crippen LogP contribution in [0.25, 0.3) is 0 Å². The number of hydrogen-bond donors (Lipinski definition) is 0. The van der Waals surface area contributed by atoms with Gasteiger partial charge >= 0.3 is 0 Å². The Balaban J connectivity index is 3.09. The van der Waals surface area contributed by atoms with Crippen LogP contribution in [-0.2, 0) is 0 Å². The van der Waals surface area contributed by atoms with Crippen molar-refractivity contribution in [3.8, 4) is 0 Å². The molecule has 0 saturated heterocycles. The van der Waals surface area contributed by atoms with Crippen LogP contribution in [-0.4, -0.2) is 9.52 Å². The fraction of sp³-hybridized carbons (Fsp3) is 0.125. The van der Waals surface area contributed by atoms with Crippen molar-refractivity contribution in [2.24, 2.45) is 0 Å². The molecule has 1 rings (SSSR count). The minimum atomic E-state index is -0.497. The number of alkyl halides is 2. The molecule has 1 nitrogen and oxygen atoms in total. The summed E-state index contributed by atoms with van der Waals surface area (Å²) in [5.74, 6) is -0.688.